The maximum Gasteiger partial charge on any atom is 0.231 e. The number of aromatic nitrogens is 1. The van der Waals surface area contributed by atoms with Gasteiger partial charge in [0, 0.05) is 17.4 Å². The number of amides is 1. The number of anilines is 1. The Kier molecular flexibility index (Phi) is 5.50. The molecule has 0 spiro atoms. The summed E-state index contributed by atoms with van der Waals surface area (Å²) in [5.41, 5.74) is 2.77. The molecule has 8 heteroatoms. The van der Waals surface area contributed by atoms with Gasteiger partial charge in [0.2, 0.25) is 12.7 Å². The van der Waals surface area contributed by atoms with E-state index >= 15 is 0 Å². The van der Waals surface area contributed by atoms with Crippen molar-refractivity contribution in [3.8, 4) is 28.5 Å². The molecule has 1 aliphatic heterocycles. The van der Waals surface area contributed by atoms with Gasteiger partial charge in [-0.2, -0.15) is 0 Å². The lowest BCUT2D eigenvalue weighted by atomic mass is 10.1. The average molecular weight is 461 g/mol. The number of hydrogen-bond donors (Lipinski definition) is 1. The van der Waals surface area contributed by atoms with Gasteiger partial charge in [-0.1, -0.05) is 6.07 Å². The molecule has 2 aromatic carbocycles. The van der Waals surface area contributed by atoms with Crippen molar-refractivity contribution >= 4 is 38.3 Å². The number of hydrogen-bond acceptors (Lipinski definition) is 6. The summed E-state index contributed by atoms with van der Waals surface area (Å²) >= 11 is 4.86. The first-order valence-electron chi connectivity index (χ1n) is 8.60. The van der Waals surface area contributed by atoms with Crippen LogP contribution >= 0.6 is 27.3 Å². The number of thiazole rings is 1. The number of nitrogens with one attached hydrogen (secondary N) is 1. The van der Waals surface area contributed by atoms with Crippen LogP contribution in [0.25, 0.3) is 11.3 Å². The SMILES string of the molecule is COc1ccc(CCC(=O)Nc2nc(-c3ccc4c(c3)OCO4)cs2)cc1Br. The molecule has 6 nitrogen and oxygen atoms in total. The third-order valence-electron chi connectivity index (χ3n) is 4.28. The Morgan fingerprint density at radius 1 is 1.25 bits per heavy atom. The molecule has 28 heavy (non-hydrogen) atoms. The summed E-state index contributed by atoms with van der Waals surface area (Å²) in [5.74, 6) is 2.14. The molecular formula is C20H17BrN2O4S. The fourth-order valence-electron chi connectivity index (χ4n) is 2.82. The predicted octanol–water partition coefficient (Wildman–Crippen LogP) is 4.88. The molecule has 1 aromatic heterocycles. The van der Waals surface area contributed by atoms with Crippen molar-refractivity contribution in [2.75, 3.05) is 19.2 Å². The van der Waals surface area contributed by atoms with Gasteiger partial charge in [-0.05, 0) is 58.2 Å². The molecule has 4 rings (SSSR count). The zero-order valence-corrected chi connectivity index (χ0v) is 17.4. The molecular weight excluding hydrogens is 444 g/mol. The highest BCUT2D eigenvalue weighted by molar-refractivity contribution is 9.10. The number of nitrogens with zero attached hydrogens (tertiary/aromatic N) is 1. The minimum Gasteiger partial charge on any atom is -0.496 e. The maximum absolute atomic E-state index is 12.3. The largest absolute Gasteiger partial charge is 0.496 e. The first-order valence-corrected chi connectivity index (χ1v) is 10.3. The Bertz CT molecular complexity index is 1020. The summed E-state index contributed by atoms with van der Waals surface area (Å²) in [4.78, 5) is 16.8. The lowest BCUT2D eigenvalue weighted by molar-refractivity contribution is -0.116. The second-order valence-corrected chi connectivity index (χ2v) is 7.84. The molecule has 0 saturated carbocycles. The van der Waals surface area contributed by atoms with Crippen molar-refractivity contribution in [2.45, 2.75) is 12.8 Å². The van der Waals surface area contributed by atoms with E-state index in [1.165, 1.54) is 11.3 Å². The highest BCUT2D eigenvalue weighted by Crippen LogP contribution is 2.36. The monoisotopic (exact) mass is 460 g/mol. The van der Waals surface area contributed by atoms with Crippen LogP contribution in [-0.2, 0) is 11.2 Å². The number of ether oxygens (including phenoxy) is 3. The lowest BCUT2D eigenvalue weighted by Gasteiger charge is -2.06. The molecule has 0 radical (unpaired) electrons. The predicted molar refractivity (Wildman–Crippen MR) is 111 cm³/mol. The number of carbonyl (C=O) groups excluding carboxylic acids is 1. The summed E-state index contributed by atoms with van der Waals surface area (Å²) < 4.78 is 16.8. The standard InChI is InChI=1S/C20H17BrN2O4S/c1-25-16-5-2-12(8-14(16)21)3-7-19(24)23-20-22-15(10-28-20)13-4-6-17-18(9-13)27-11-26-17/h2,4-6,8-10H,3,7,11H2,1H3,(H,22,23,24). The molecule has 0 bridgehead atoms. The summed E-state index contributed by atoms with van der Waals surface area (Å²) in [6.45, 7) is 0.238. The van der Waals surface area contributed by atoms with Crippen molar-refractivity contribution < 1.29 is 19.0 Å². The van der Waals surface area contributed by atoms with Crippen LogP contribution in [-0.4, -0.2) is 24.8 Å². The first-order chi connectivity index (χ1) is 13.6. The summed E-state index contributed by atoms with van der Waals surface area (Å²) in [6, 6.07) is 11.5. The second kappa shape index (κ2) is 8.20. The van der Waals surface area contributed by atoms with E-state index in [0.717, 1.165) is 32.8 Å². The molecule has 0 aliphatic carbocycles. The third-order valence-corrected chi connectivity index (χ3v) is 5.65. The Labute approximate surface area is 174 Å². The van der Waals surface area contributed by atoms with Crippen LogP contribution in [0.3, 0.4) is 0 Å². The summed E-state index contributed by atoms with van der Waals surface area (Å²) in [7, 11) is 1.62. The number of benzene rings is 2. The van der Waals surface area contributed by atoms with Crippen LogP contribution in [0.15, 0.2) is 46.3 Å². The van der Waals surface area contributed by atoms with E-state index < -0.39 is 0 Å². The van der Waals surface area contributed by atoms with Crippen LogP contribution in [0.2, 0.25) is 0 Å². The Hall–Kier alpha value is -2.58. The number of carbonyl (C=O) groups is 1. The van der Waals surface area contributed by atoms with Gasteiger partial charge in [0.25, 0.3) is 0 Å². The normalized spacial score (nSPS) is 12.1. The van der Waals surface area contributed by atoms with Crippen molar-refractivity contribution in [2.24, 2.45) is 0 Å². The summed E-state index contributed by atoms with van der Waals surface area (Å²) in [5, 5.41) is 5.36. The first kappa shape index (κ1) is 18.8. The Morgan fingerprint density at radius 2 is 2.11 bits per heavy atom. The van der Waals surface area contributed by atoms with Crippen LogP contribution in [0, 0.1) is 0 Å². The number of aryl methyl sites for hydroxylation is 1. The van der Waals surface area contributed by atoms with E-state index in [1.54, 1.807) is 7.11 Å². The van der Waals surface area contributed by atoms with Gasteiger partial charge in [0.05, 0.1) is 17.3 Å². The molecule has 144 valence electrons. The van der Waals surface area contributed by atoms with Gasteiger partial charge < -0.3 is 19.5 Å². The number of methoxy groups -OCH3 is 1. The van der Waals surface area contributed by atoms with E-state index in [-0.39, 0.29) is 12.7 Å². The molecule has 3 aromatic rings. The molecule has 0 saturated heterocycles. The van der Waals surface area contributed by atoms with Gasteiger partial charge in [-0.15, -0.1) is 11.3 Å². The van der Waals surface area contributed by atoms with E-state index in [4.69, 9.17) is 14.2 Å². The average Bonchev–Trinajstić information content (AvgIpc) is 3.35. The minimum atomic E-state index is -0.0708. The van der Waals surface area contributed by atoms with Gasteiger partial charge >= 0.3 is 0 Å². The summed E-state index contributed by atoms with van der Waals surface area (Å²) in [6.07, 6.45) is 1.01. The fraction of sp³-hybridized carbons (Fsp3) is 0.200. The maximum atomic E-state index is 12.3. The molecule has 0 atom stereocenters. The molecule has 2 heterocycles. The number of halogens is 1. The van der Waals surface area contributed by atoms with Crippen molar-refractivity contribution in [1.82, 2.24) is 4.98 Å². The molecule has 1 amide bonds. The van der Waals surface area contributed by atoms with Crippen LogP contribution in [0.5, 0.6) is 17.2 Å². The minimum absolute atomic E-state index is 0.0708. The highest BCUT2D eigenvalue weighted by atomic mass is 79.9. The van der Waals surface area contributed by atoms with Crippen molar-refractivity contribution in [1.29, 1.82) is 0 Å². The highest BCUT2D eigenvalue weighted by Gasteiger charge is 2.15. The zero-order chi connectivity index (χ0) is 19.5. The van der Waals surface area contributed by atoms with Crippen molar-refractivity contribution in [3.05, 3.63) is 51.8 Å². The molecule has 1 aliphatic rings. The van der Waals surface area contributed by atoms with Gasteiger partial charge in [0.15, 0.2) is 16.6 Å². The zero-order valence-electron chi connectivity index (χ0n) is 15.0. The second-order valence-electron chi connectivity index (χ2n) is 6.12. The Morgan fingerprint density at radius 3 is 2.93 bits per heavy atom. The van der Waals surface area contributed by atoms with E-state index in [9.17, 15) is 4.79 Å². The topological polar surface area (TPSA) is 69.7 Å². The van der Waals surface area contributed by atoms with Crippen molar-refractivity contribution in [3.63, 3.8) is 0 Å². The fourth-order valence-corrected chi connectivity index (χ4v) is 4.15. The van der Waals surface area contributed by atoms with Crippen LogP contribution in [0.4, 0.5) is 5.13 Å². The lowest BCUT2D eigenvalue weighted by Crippen LogP contribution is -2.12. The molecule has 1 N–H and O–H groups in total. The smallest absolute Gasteiger partial charge is 0.231 e. The number of rotatable bonds is 6. The number of fused-ring (bicyclic) bond motifs is 1. The van der Waals surface area contributed by atoms with Gasteiger partial charge in [-0.3, -0.25) is 4.79 Å². The van der Waals surface area contributed by atoms with Crippen LogP contribution in [0.1, 0.15) is 12.0 Å². The van der Waals surface area contributed by atoms with Gasteiger partial charge in [-0.25, -0.2) is 4.98 Å². The van der Waals surface area contributed by atoms with Gasteiger partial charge in [0.1, 0.15) is 5.75 Å². The van der Waals surface area contributed by atoms with Crippen LogP contribution < -0.4 is 19.5 Å². The van der Waals surface area contributed by atoms with E-state index in [2.05, 4.69) is 26.2 Å². The third kappa shape index (κ3) is 4.13. The molecule has 0 fully saturated rings. The Balaban J connectivity index is 1.36. The van der Waals surface area contributed by atoms with E-state index in [1.807, 2.05) is 41.8 Å². The quantitative estimate of drug-likeness (QED) is 0.567. The van der Waals surface area contributed by atoms with E-state index in [0.29, 0.717) is 23.7 Å². The molecule has 0 unspecified atom stereocenters.